The predicted molar refractivity (Wildman–Crippen MR) is 99.8 cm³/mol. The quantitative estimate of drug-likeness (QED) is 0.559. The van der Waals surface area contributed by atoms with Gasteiger partial charge < -0.3 is 10.4 Å². The summed E-state index contributed by atoms with van der Waals surface area (Å²) < 4.78 is 16.0. The van der Waals surface area contributed by atoms with Crippen molar-refractivity contribution in [2.75, 3.05) is 5.32 Å². The third-order valence-electron chi connectivity index (χ3n) is 3.98. The van der Waals surface area contributed by atoms with Gasteiger partial charge >= 0.3 is 0 Å². The summed E-state index contributed by atoms with van der Waals surface area (Å²) in [6, 6.07) is 6.26. The number of aromatic nitrogens is 5. The van der Waals surface area contributed by atoms with E-state index < -0.39 is 5.82 Å². The van der Waals surface area contributed by atoms with E-state index in [1.165, 1.54) is 23.1 Å². The highest BCUT2D eigenvalue weighted by Crippen LogP contribution is 2.29. The number of rotatable bonds is 4. The molecule has 0 radical (unpaired) electrons. The van der Waals surface area contributed by atoms with Crippen molar-refractivity contribution in [1.29, 1.82) is 0 Å². The maximum Gasteiger partial charge on any atom is 0.150 e. The molecule has 4 aromatic rings. The summed E-state index contributed by atoms with van der Waals surface area (Å²) in [6.07, 6.45) is 4.66. The van der Waals surface area contributed by atoms with Crippen molar-refractivity contribution in [3.05, 3.63) is 65.1 Å². The van der Waals surface area contributed by atoms with E-state index in [0.717, 1.165) is 11.1 Å². The fourth-order valence-corrected chi connectivity index (χ4v) is 3.04. The maximum absolute atomic E-state index is 14.6. The number of aryl methyl sites for hydroxylation is 1. The monoisotopic (exact) mass is 384 g/mol. The van der Waals surface area contributed by atoms with Gasteiger partial charge in [0, 0.05) is 29.4 Å². The maximum atomic E-state index is 14.6. The van der Waals surface area contributed by atoms with Crippen LogP contribution in [0.3, 0.4) is 0 Å². The number of pyridine rings is 1. The number of nitrogens with zero attached hydrogens (tertiary/aromatic N) is 5. The molecule has 2 N–H and O–H groups in total. The van der Waals surface area contributed by atoms with E-state index >= 15 is 0 Å². The normalized spacial score (nSPS) is 11.1. The number of hydrogen-bond donors (Lipinski definition) is 2. The Labute approximate surface area is 158 Å². The SMILES string of the molecule is Cc1cc(Nc2cc3c(cn2)cnn3-c2c(F)cc(CO)cc2Cl)ncn1. The van der Waals surface area contributed by atoms with Crippen LogP contribution in [0.25, 0.3) is 16.6 Å². The molecule has 0 bridgehead atoms. The molecular weight excluding hydrogens is 371 g/mol. The van der Waals surface area contributed by atoms with Gasteiger partial charge in [-0.25, -0.2) is 24.0 Å². The number of aliphatic hydroxyl groups is 1. The van der Waals surface area contributed by atoms with Crippen LogP contribution >= 0.6 is 11.6 Å². The third kappa shape index (κ3) is 3.32. The van der Waals surface area contributed by atoms with Crippen molar-refractivity contribution in [3.63, 3.8) is 0 Å². The van der Waals surface area contributed by atoms with E-state index in [4.69, 9.17) is 11.6 Å². The molecule has 3 aromatic heterocycles. The van der Waals surface area contributed by atoms with Gasteiger partial charge in [-0.3, -0.25) is 0 Å². The first-order chi connectivity index (χ1) is 13.0. The molecule has 0 fully saturated rings. The van der Waals surface area contributed by atoms with Gasteiger partial charge in [0.05, 0.1) is 23.3 Å². The number of aliphatic hydroxyl groups excluding tert-OH is 1. The Morgan fingerprint density at radius 2 is 1.93 bits per heavy atom. The number of halogens is 2. The Hall–Kier alpha value is -3.10. The van der Waals surface area contributed by atoms with Gasteiger partial charge in [-0.15, -0.1) is 0 Å². The first-order valence-corrected chi connectivity index (χ1v) is 8.41. The molecule has 0 saturated heterocycles. The van der Waals surface area contributed by atoms with Crippen LogP contribution in [0, 0.1) is 12.7 Å². The molecule has 9 heteroatoms. The van der Waals surface area contributed by atoms with Crippen LogP contribution in [0.5, 0.6) is 0 Å². The molecule has 0 spiro atoms. The molecule has 4 rings (SSSR count). The molecule has 27 heavy (non-hydrogen) atoms. The molecule has 0 unspecified atom stereocenters. The van der Waals surface area contributed by atoms with E-state index in [9.17, 15) is 9.50 Å². The van der Waals surface area contributed by atoms with Gasteiger partial charge in [0.2, 0.25) is 0 Å². The lowest BCUT2D eigenvalue weighted by molar-refractivity contribution is 0.281. The minimum Gasteiger partial charge on any atom is -0.392 e. The second kappa shape index (κ2) is 6.90. The summed E-state index contributed by atoms with van der Waals surface area (Å²) >= 11 is 6.23. The molecule has 0 aliphatic rings. The van der Waals surface area contributed by atoms with Crippen LogP contribution in [0.4, 0.5) is 16.0 Å². The van der Waals surface area contributed by atoms with Crippen molar-refractivity contribution in [2.24, 2.45) is 0 Å². The Morgan fingerprint density at radius 3 is 2.67 bits per heavy atom. The Balaban J connectivity index is 1.79. The summed E-state index contributed by atoms with van der Waals surface area (Å²) in [5.74, 6) is 0.539. The average molecular weight is 385 g/mol. The zero-order valence-electron chi connectivity index (χ0n) is 14.2. The molecular formula is C18H14ClFN6O. The molecule has 0 aliphatic heterocycles. The predicted octanol–water partition coefficient (Wildman–Crippen LogP) is 3.55. The molecule has 0 amide bonds. The molecule has 3 heterocycles. The van der Waals surface area contributed by atoms with Crippen LogP contribution in [0.1, 0.15) is 11.3 Å². The van der Waals surface area contributed by atoms with Crippen LogP contribution < -0.4 is 5.32 Å². The van der Waals surface area contributed by atoms with Crippen LogP contribution in [0.15, 0.2) is 43.0 Å². The summed E-state index contributed by atoms with van der Waals surface area (Å²) in [4.78, 5) is 12.5. The average Bonchev–Trinajstić information content (AvgIpc) is 3.04. The van der Waals surface area contributed by atoms with Gasteiger partial charge in [0.25, 0.3) is 0 Å². The van der Waals surface area contributed by atoms with Crippen molar-refractivity contribution < 1.29 is 9.50 Å². The van der Waals surface area contributed by atoms with Crippen LogP contribution in [-0.4, -0.2) is 29.8 Å². The number of nitrogens with one attached hydrogen (secondary N) is 1. The summed E-state index contributed by atoms with van der Waals surface area (Å²) in [7, 11) is 0. The molecule has 7 nitrogen and oxygen atoms in total. The van der Waals surface area contributed by atoms with Gasteiger partial charge in [-0.1, -0.05) is 11.6 Å². The van der Waals surface area contributed by atoms with Crippen molar-refractivity contribution in [1.82, 2.24) is 24.7 Å². The summed E-state index contributed by atoms with van der Waals surface area (Å²) in [5.41, 5.74) is 1.94. The Bertz CT molecular complexity index is 1120. The fraction of sp³-hybridized carbons (Fsp3) is 0.111. The number of hydrogen-bond acceptors (Lipinski definition) is 6. The summed E-state index contributed by atoms with van der Waals surface area (Å²) in [6.45, 7) is 1.56. The molecule has 0 saturated carbocycles. The highest BCUT2D eigenvalue weighted by molar-refractivity contribution is 6.32. The van der Waals surface area contributed by atoms with E-state index in [1.54, 1.807) is 24.5 Å². The number of fused-ring (bicyclic) bond motifs is 1. The highest BCUT2D eigenvalue weighted by atomic mass is 35.5. The van der Waals surface area contributed by atoms with Gasteiger partial charge in [0.15, 0.2) is 5.82 Å². The second-order valence-corrected chi connectivity index (χ2v) is 6.33. The van der Waals surface area contributed by atoms with Crippen molar-refractivity contribution >= 4 is 34.1 Å². The van der Waals surface area contributed by atoms with Gasteiger partial charge in [-0.05, 0) is 24.6 Å². The lowest BCUT2D eigenvalue weighted by Crippen LogP contribution is -2.03. The lowest BCUT2D eigenvalue weighted by atomic mass is 10.2. The Morgan fingerprint density at radius 1 is 1.11 bits per heavy atom. The largest absolute Gasteiger partial charge is 0.392 e. The standard InChI is InChI=1S/C18H14ClFN6O/c1-10-2-16(23-9-22-10)25-17-5-15-12(6-21-17)7-24-26(15)18-13(19)3-11(8-27)4-14(18)20/h2-7,9,27H,8H2,1H3,(H,21,22,23,25). The second-order valence-electron chi connectivity index (χ2n) is 5.92. The third-order valence-corrected chi connectivity index (χ3v) is 4.27. The lowest BCUT2D eigenvalue weighted by Gasteiger charge is -2.10. The zero-order valence-corrected chi connectivity index (χ0v) is 14.9. The minimum atomic E-state index is -0.575. The van der Waals surface area contributed by atoms with E-state index in [1.807, 2.05) is 6.92 Å². The number of anilines is 2. The summed E-state index contributed by atoms with van der Waals surface area (Å²) in [5, 5.41) is 17.4. The van der Waals surface area contributed by atoms with Crippen molar-refractivity contribution in [2.45, 2.75) is 13.5 Å². The van der Waals surface area contributed by atoms with Gasteiger partial charge in [0.1, 0.15) is 23.7 Å². The minimum absolute atomic E-state index is 0.110. The topological polar surface area (TPSA) is 88.8 Å². The molecule has 0 atom stereocenters. The van der Waals surface area contributed by atoms with Crippen LogP contribution in [-0.2, 0) is 6.61 Å². The van der Waals surface area contributed by atoms with Gasteiger partial charge in [-0.2, -0.15) is 5.10 Å². The fourth-order valence-electron chi connectivity index (χ4n) is 2.73. The highest BCUT2D eigenvalue weighted by Gasteiger charge is 2.16. The Kier molecular flexibility index (Phi) is 4.43. The van der Waals surface area contributed by atoms with E-state index in [2.05, 4.69) is 25.4 Å². The first kappa shape index (κ1) is 17.3. The molecule has 0 aliphatic carbocycles. The van der Waals surface area contributed by atoms with Crippen LogP contribution in [0.2, 0.25) is 5.02 Å². The molecule has 136 valence electrons. The zero-order chi connectivity index (χ0) is 19.0. The van der Waals surface area contributed by atoms with E-state index in [0.29, 0.717) is 22.7 Å². The smallest absolute Gasteiger partial charge is 0.150 e. The van der Waals surface area contributed by atoms with E-state index in [-0.39, 0.29) is 17.3 Å². The van der Waals surface area contributed by atoms with Crippen molar-refractivity contribution in [3.8, 4) is 5.69 Å². The number of benzene rings is 1. The molecule has 1 aromatic carbocycles. The first-order valence-electron chi connectivity index (χ1n) is 8.04.